The molecule has 0 unspecified atom stereocenters. The molecule has 100 valence electrons. The van der Waals surface area contributed by atoms with Crippen molar-refractivity contribution >= 4 is 28.9 Å². The molecule has 3 rings (SSSR count). The Morgan fingerprint density at radius 1 is 1.20 bits per heavy atom. The molecule has 0 radical (unpaired) electrons. The Balaban J connectivity index is 1.63. The molecule has 0 amide bonds. The molecule has 3 aromatic heterocycles. The minimum absolute atomic E-state index is 0.113. The van der Waals surface area contributed by atoms with Crippen molar-refractivity contribution in [1.82, 2.24) is 10.2 Å². The third-order valence-electron chi connectivity index (χ3n) is 2.56. The van der Waals surface area contributed by atoms with Crippen LogP contribution >= 0.6 is 23.1 Å². The van der Waals surface area contributed by atoms with Gasteiger partial charge in [0.25, 0.3) is 0 Å². The molecule has 6 heteroatoms. The zero-order valence-corrected chi connectivity index (χ0v) is 12.0. The molecule has 0 aliphatic carbocycles. The molecule has 0 saturated heterocycles. The number of carbonyl (C=O) groups is 1. The predicted octanol–water partition coefficient (Wildman–Crippen LogP) is 3.77. The highest BCUT2D eigenvalue weighted by molar-refractivity contribution is 7.99. The Hall–Kier alpha value is -1.92. The number of thiophene rings is 1. The number of furan rings is 1. The minimum Gasteiger partial charge on any atom is -0.463 e. The number of Topliss-reactive ketones (excluding diaryl/α,β-unsaturated/α-hetero) is 1. The van der Waals surface area contributed by atoms with E-state index < -0.39 is 0 Å². The summed E-state index contributed by atoms with van der Waals surface area (Å²) in [5.74, 6) is 1.17. The summed E-state index contributed by atoms with van der Waals surface area (Å²) in [4.78, 5) is 12.6. The van der Waals surface area contributed by atoms with Crippen molar-refractivity contribution in [3.8, 4) is 11.5 Å². The van der Waals surface area contributed by atoms with Gasteiger partial charge in [0.05, 0.1) is 16.9 Å². The lowest BCUT2D eigenvalue weighted by Crippen LogP contribution is -2.00. The van der Waals surface area contributed by atoms with Crippen LogP contribution in [0.25, 0.3) is 11.5 Å². The summed E-state index contributed by atoms with van der Waals surface area (Å²) in [7, 11) is 0. The van der Waals surface area contributed by atoms with E-state index in [9.17, 15) is 4.79 Å². The lowest BCUT2D eigenvalue weighted by molar-refractivity contribution is 0.102. The number of ketones is 1. The van der Waals surface area contributed by atoms with Crippen molar-refractivity contribution in [2.45, 2.75) is 5.03 Å². The van der Waals surface area contributed by atoms with Gasteiger partial charge in [-0.3, -0.25) is 4.79 Å². The SMILES string of the molecule is O=C(CSc1ccc(-c2ccco2)nn1)c1cccs1. The molecule has 0 spiro atoms. The summed E-state index contributed by atoms with van der Waals surface area (Å²) >= 11 is 2.84. The van der Waals surface area contributed by atoms with Crippen LogP contribution in [-0.2, 0) is 0 Å². The van der Waals surface area contributed by atoms with E-state index in [0.717, 1.165) is 9.90 Å². The van der Waals surface area contributed by atoms with Gasteiger partial charge in [0.1, 0.15) is 10.7 Å². The van der Waals surface area contributed by atoms with Crippen LogP contribution in [0.5, 0.6) is 0 Å². The van der Waals surface area contributed by atoms with Crippen LogP contribution in [-0.4, -0.2) is 21.7 Å². The maximum absolute atomic E-state index is 11.9. The molecule has 3 aromatic rings. The van der Waals surface area contributed by atoms with Gasteiger partial charge in [0.2, 0.25) is 0 Å². The van der Waals surface area contributed by atoms with E-state index in [4.69, 9.17) is 4.42 Å². The Morgan fingerprint density at radius 2 is 2.15 bits per heavy atom. The first-order chi connectivity index (χ1) is 9.83. The average Bonchev–Trinajstić information content (AvgIpc) is 3.18. The van der Waals surface area contributed by atoms with Gasteiger partial charge in [0, 0.05) is 0 Å². The fourth-order valence-corrected chi connectivity index (χ4v) is 3.05. The summed E-state index contributed by atoms with van der Waals surface area (Å²) in [5, 5.41) is 10.8. The fraction of sp³-hybridized carbons (Fsp3) is 0.0714. The minimum atomic E-state index is 0.113. The molecule has 0 aliphatic rings. The van der Waals surface area contributed by atoms with Gasteiger partial charge in [-0.15, -0.1) is 21.5 Å². The molecule has 0 aliphatic heterocycles. The van der Waals surface area contributed by atoms with Crippen LogP contribution in [0.4, 0.5) is 0 Å². The molecular formula is C14H10N2O2S2. The molecule has 0 aromatic carbocycles. The van der Waals surface area contributed by atoms with Crippen molar-refractivity contribution in [2.24, 2.45) is 0 Å². The second-order valence-electron chi connectivity index (χ2n) is 3.92. The van der Waals surface area contributed by atoms with Gasteiger partial charge in [-0.05, 0) is 35.7 Å². The maximum Gasteiger partial charge on any atom is 0.183 e. The number of rotatable bonds is 5. The number of aromatic nitrogens is 2. The molecule has 20 heavy (non-hydrogen) atoms. The van der Waals surface area contributed by atoms with Gasteiger partial charge in [-0.2, -0.15) is 0 Å². The molecule has 0 saturated carbocycles. The van der Waals surface area contributed by atoms with Crippen LogP contribution in [0.2, 0.25) is 0 Å². The lowest BCUT2D eigenvalue weighted by Gasteiger charge is -1.99. The molecule has 3 heterocycles. The van der Waals surface area contributed by atoms with Crippen LogP contribution in [0, 0.1) is 0 Å². The van der Waals surface area contributed by atoms with E-state index in [2.05, 4.69) is 10.2 Å². The van der Waals surface area contributed by atoms with Crippen LogP contribution in [0.15, 0.2) is 57.5 Å². The largest absolute Gasteiger partial charge is 0.463 e. The Kier molecular flexibility index (Phi) is 3.94. The Bertz CT molecular complexity index is 677. The molecular weight excluding hydrogens is 292 g/mol. The summed E-state index contributed by atoms with van der Waals surface area (Å²) in [5.41, 5.74) is 0.684. The van der Waals surface area contributed by atoms with Gasteiger partial charge in [-0.1, -0.05) is 17.8 Å². The van der Waals surface area contributed by atoms with E-state index in [1.54, 1.807) is 12.3 Å². The van der Waals surface area contributed by atoms with Crippen molar-refractivity contribution in [3.05, 3.63) is 52.9 Å². The highest BCUT2D eigenvalue weighted by atomic mass is 32.2. The van der Waals surface area contributed by atoms with Crippen molar-refractivity contribution in [1.29, 1.82) is 0 Å². The van der Waals surface area contributed by atoms with Gasteiger partial charge in [0.15, 0.2) is 11.5 Å². The topological polar surface area (TPSA) is 56.0 Å². The average molecular weight is 302 g/mol. The normalized spacial score (nSPS) is 10.6. The first-order valence-corrected chi connectivity index (χ1v) is 7.76. The summed E-state index contributed by atoms with van der Waals surface area (Å²) < 4.78 is 5.24. The van der Waals surface area contributed by atoms with Crippen molar-refractivity contribution in [3.63, 3.8) is 0 Å². The third kappa shape index (κ3) is 2.97. The lowest BCUT2D eigenvalue weighted by atomic mass is 10.3. The summed E-state index contributed by atoms with van der Waals surface area (Å²) in [6.45, 7) is 0. The number of nitrogens with zero attached hydrogens (tertiary/aromatic N) is 2. The van der Waals surface area contributed by atoms with E-state index in [1.165, 1.54) is 23.1 Å². The highest BCUT2D eigenvalue weighted by Crippen LogP contribution is 2.21. The molecule has 0 N–H and O–H groups in total. The standard InChI is InChI=1S/C14H10N2O2S2/c17-11(13-4-2-8-19-13)9-20-14-6-5-10(15-16-14)12-3-1-7-18-12/h1-8H,9H2. The number of hydrogen-bond acceptors (Lipinski definition) is 6. The molecule has 0 bridgehead atoms. The Labute approximate surface area is 123 Å². The van der Waals surface area contributed by atoms with Crippen molar-refractivity contribution < 1.29 is 9.21 Å². The molecule has 4 nitrogen and oxygen atoms in total. The van der Waals surface area contributed by atoms with Crippen molar-refractivity contribution in [2.75, 3.05) is 5.75 Å². The monoisotopic (exact) mass is 302 g/mol. The number of hydrogen-bond donors (Lipinski definition) is 0. The quantitative estimate of drug-likeness (QED) is 0.530. The first kappa shape index (κ1) is 13.1. The second-order valence-corrected chi connectivity index (χ2v) is 5.87. The number of thioether (sulfide) groups is 1. The van der Waals surface area contributed by atoms with Crippen LogP contribution < -0.4 is 0 Å². The van der Waals surface area contributed by atoms with Crippen LogP contribution in [0.1, 0.15) is 9.67 Å². The smallest absolute Gasteiger partial charge is 0.183 e. The van der Waals surface area contributed by atoms with Crippen LogP contribution in [0.3, 0.4) is 0 Å². The summed E-state index contributed by atoms with van der Waals surface area (Å²) in [6, 6.07) is 11.0. The van der Waals surface area contributed by atoms with Gasteiger partial charge < -0.3 is 4.42 Å². The summed E-state index contributed by atoms with van der Waals surface area (Å²) in [6.07, 6.45) is 1.60. The third-order valence-corrected chi connectivity index (χ3v) is 4.39. The van der Waals surface area contributed by atoms with E-state index in [0.29, 0.717) is 17.2 Å². The molecule has 0 atom stereocenters. The fourth-order valence-electron chi connectivity index (χ4n) is 1.60. The first-order valence-electron chi connectivity index (χ1n) is 5.90. The van der Waals surface area contributed by atoms with E-state index >= 15 is 0 Å². The van der Waals surface area contributed by atoms with Gasteiger partial charge >= 0.3 is 0 Å². The highest BCUT2D eigenvalue weighted by Gasteiger charge is 2.09. The van der Waals surface area contributed by atoms with E-state index in [1.807, 2.05) is 35.7 Å². The zero-order valence-electron chi connectivity index (χ0n) is 10.4. The van der Waals surface area contributed by atoms with Gasteiger partial charge in [-0.25, -0.2) is 0 Å². The maximum atomic E-state index is 11.9. The molecule has 0 fully saturated rings. The Morgan fingerprint density at radius 3 is 2.80 bits per heavy atom. The number of carbonyl (C=O) groups excluding carboxylic acids is 1. The zero-order chi connectivity index (χ0) is 13.8. The second kappa shape index (κ2) is 6.02. The van der Waals surface area contributed by atoms with E-state index in [-0.39, 0.29) is 5.78 Å². The predicted molar refractivity (Wildman–Crippen MR) is 79.1 cm³/mol.